The lowest BCUT2D eigenvalue weighted by atomic mass is 9.69. The van der Waals surface area contributed by atoms with E-state index in [-0.39, 0.29) is 17.4 Å². The van der Waals surface area contributed by atoms with Crippen LogP contribution in [0, 0.1) is 5.41 Å². The van der Waals surface area contributed by atoms with Crippen LogP contribution in [0.4, 0.5) is 0 Å². The predicted octanol–water partition coefficient (Wildman–Crippen LogP) is 4.17. The summed E-state index contributed by atoms with van der Waals surface area (Å²) in [4.78, 5) is 23.0. The fraction of sp³-hybridized carbons (Fsp3) is 0.520. The van der Waals surface area contributed by atoms with Gasteiger partial charge in [0.15, 0.2) is 0 Å². The zero-order chi connectivity index (χ0) is 20.0. The van der Waals surface area contributed by atoms with Crippen molar-refractivity contribution < 1.29 is 4.79 Å². The van der Waals surface area contributed by atoms with E-state index in [1.807, 2.05) is 18.2 Å². The fourth-order valence-corrected chi connectivity index (χ4v) is 6.61. The first kappa shape index (κ1) is 18.8. The van der Waals surface area contributed by atoms with E-state index in [2.05, 4.69) is 59.1 Å². The number of hydrogen-bond acceptors (Lipinski definition) is 3. The summed E-state index contributed by atoms with van der Waals surface area (Å²) in [6.45, 7) is 2.45. The van der Waals surface area contributed by atoms with E-state index in [1.165, 1.54) is 24.8 Å². The molecular formula is C25H31N3O. The number of piperidine rings is 1. The molecule has 2 bridgehead atoms. The van der Waals surface area contributed by atoms with Gasteiger partial charge in [-0.1, -0.05) is 56.2 Å². The molecule has 5 atom stereocenters. The van der Waals surface area contributed by atoms with Gasteiger partial charge in [0, 0.05) is 35.8 Å². The van der Waals surface area contributed by atoms with Crippen LogP contribution in [0.5, 0.6) is 0 Å². The number of benzene rings is 1. The number of rotatable bonds is 3. The molecule has 1 aliphatic carbocycles. The third-order valence-electron chi connectivity index (χ3n) is 7.93. The van der Waals surface area contributed by atoms with Crippen LogP contribution in [0.2, 0.25) is 0 Å². The number of likely N-dealkylation sites (tertiary alicyclic amines) is 2. The van der Waals surface area contributed by atoms with Gasteiger partial charge in [0.25, 0.3) is 5.91 Å². The lowest BCUT2D eigenvalue weighted by Gasteiger charge is -2.49. The van der Waals surface area contributed by atoms with Crippen LogP contribution in [0.1, 0.15) is 55.1 Å². The maximum absolute atomic E-state index is 13.7. The molecule has 2 aliphatic heterocycles. The second-order valence-electron chi connectivity index (χ2n) is 9.44. The van der Waals surface area contributed by atoms with E-state index < -0.39 is 0 Å². The van der Waals surface area contributed by atoms with Crippen LogP contribution in [-0.2, 0) is 6.42 Å². The summed E-state index contributed by atoms with van der Waals surface area (Å²) < 4.78 is 0. The summed E-state index contributed by atoms with van der Waals surface area (Å²) in [6.07, 6.45) is 8.68. The third-order valence-corrected chi connectivity index (χ3v) is 7.93. The van der Waals surface area contributed by atoms with E-state index >= 15 is 0 Å². The quantitative estimate of drug-likeness (QED) is 0.790. The zero-order valence-electron chi connectivity index (χ0n) is 17.5. The highest BCUT2D eigenvalue weighted by Crippen LogP contribution is 2.55. The lowest BCUT2D eigenvalue weighted by Crippen LogP contribution is -2.58. The number of pyridine rings is 1. The molecule has 0 spiro atoms. The molecule has 1 aromatic heterocycles. The van der Waals surface area contributed by atoms with Crippen molar-refractivity contribution in [3.05, 3.63) is 66.0 Å². The van der Waals surface area contributed by atoms with Gasteiger partial charge in [-0.3, -0.25) is 14.7 Å². The molecule has 1 amide bonds. The number of aromatic nitrogens is 1. The Morgan fingerprint density at radius 1 is 1.07 bits per heavy atom. The van der Waals surface area contributed by atoms with E-state index in [4.69, 9.17) is 0 Å². The minimum atomic E-state index is 0.123. The summed E-state index contributed by atoms with van der Waals surface area (Å²) in [6, 6.07) is 17.9. The van der Waals surface area contributed by atoms with Crippen LogP contribution in [-0.4, -0.2) is 51.9 Å². The summed E-state index contributed by atoms with van der Waals surface area (Å²) >= 11 is 0. The minimum absolute atomic E-state index is 0.123. The molecule has 0 N–H and O–H groups in total. The number of hydrogen-bond donors (Lipinski definition) is 0. The highest BCUT2D eigenvalue weighted by molar-refractivity contribution is 5.93. The SMILES string of the molecule is CN1[C@H](Cc2ccccc2)[C@@H]2C[C@@]3(C)[C@H](CCCC[C@@H]13)N2C(=O)c1ccccn1. The summed E-state index contributed by atoms with van der Waals surface area (Å²) in [5, 5.41) is 0. The molecule has 152 valence electrons. The molecule has 3 aliphatic rings. The van der Waals surface area contributed by atoms with Crippen molar-refractivity contribution in [1.82, 2.24) is 14.8 Å². The predicted molar refractivity (Wildman–Crippen MR) is 115 cm³/mol. The number of fused-ring (bicyclic) bond motifs is 1. The number of carbonyl (C=O) groups excluding carboxylic acids is 1. The molecule has 2 saturated heterocycles. The Balaban J connectivity index is 1.56. The molecule has 5 rings (SSSR count). The van der Waals surface area contributed by atoms with Crippen molar-refractivity contribution in [2.45, 2.75) is 69.6 Å². The minimum Gasteiger partial charge on any atom is -0.329 e. The third kappa shape index (κ3) is 3.00. The fourth-order valence-electron chi connectivity index (χ4n) is 6.61. The maximum atomic E-state index is 13.7. The summed E-state index contributed by atoms with van der Waals surface area (Å²) in [7, 11) is 2.31. The standard InChI is InChI=1S/C25H31N3O/c1-25-17-21-20(16-18-10-4-3-5-11-18)27(2)22(25)13-6-7-14-23(25)28(21)24(29)19-12-8-9-15-26-19/h3-5,8-12,15,20-23H,6-7,13-14,16-17H2,1-2H3/t20-,21+,22-,23+,25-/m1/s1. The van der Waals surface area contributed by atoms with Crippen LogP contribution in [0.25, 0.3) is 0 Å². The van der Waals surface area contributed by atoms with Gasteiger partial charge in [0.2, 0.25) is 0 Å². The van der Waals surface area contributed by atoms with E-state index in [9.17, 15) is 4.79 Å². The molecule has 3 fully saturated rings. The molecule has 1 saturated carbocycles. The Hall–Kier alpha value is -2.20. The van der Waals surface area contributed by atoms with Crippen molar-refractivity contribution in [2.24, 2.45) is 5.41 Å². The highest BCUT2D eigenvalue weighted by Gasteiger charge is 2.62. The van der Waals surface area contributed by atoms with Gasteiger partial charge >= 0.3 is 0 Å². The van der Waals surface area contributed by atoms with Crippen LogP contribution in [0.3, 0.4) is 0 Å². The Labute approximate surface area is 173 Å². The summed E-state index contributed by atoms with van der Waals surface area (Å²) in [5.74, 6) is 0.123. The van der Waals surface area contributed by atoms with Crippen molar-refractivity contribution in [2.75, 3.05) is 7.05 Å². The van der Waals surface area contributed by atoms with E-state index in [0.717, 1.165) is 19.3 Å². The first-order valence-electron chi connectivity index (χ1n) is 11.1. The Bertz CT molecular complexity index is 870. The van der Waals surface area contributed by atoms with Crippen molar-refractivity contribution >= 4 is 5.91 Å². The first-order valence-corrected chi connectivity index (χ1v) is 11.1. The summed E-state index contributed by atoms with van der Waals surface area (Å²) in [5.41, 5.74) is 2.12. The Morgan fingerprint density at radius 3 is 2.52 bits per heavy atom. The zero-order valence-corrected chi connectivity index (χ0v) is 17.5. The molecule has 3 heterocycles. The topological polar surface area (TPSA) is 36.4 Å². The normalized spacial score (nSPS) is 34.1. The monoisotopic (exact) mass is 389 g/mol. The Kier molecular flexibility index (Phi) is 4.70. The van der Waals surface area contributed by atoms with Crippen LogP contribution < -0.4 is 0 Å². The molecular weight excluding hydrogens is 358 g/mol. The number of nitrogens with zero attached hydrogens (tertiary/aromatic N) is 3. The molecule has 29 heavy (non-hydrogen) atoms. The van der Waals surface area contributed by atoms with Crippen molar-refractivity contribution in [3.8, 4) is 0 Å². The van der Waals surface area contributed by atoms with Gasteiger partial charge in [-0.05, 0) is 50.4 Å². The molecule has 2 aromatic rings. The van der Waals surface area contributed by atoms with Gasteiger partial charge in [-0.15, -0.1) is 0 Å². The van der Waals surface area contributed by atoms with E-state index in [1.54, 1.807) is 6.20 Å². The molecule has 0 radical (unpaired) electrons. The average molecular weight is 390 g/mol. The van der Waals surface area contributed by atoms with Gasteiger partial charge in [0.05, 0.1) is 0 Å². The largest absolute Gasteiger partial charge is 0.329 e. The second-order valence-corrected chi connectivity index (χ2v) is 9.44. The smallest absolute Gasteiger partial charge is 0.273 e. The van der Waals surface area contributed by atoms with Crippen LogP contribution >= 0.6 is 0 Å². The van der Waals surface area contributed by atoms with Gasteiger partial charge in [0.1, 0.15) is 5.69 Å². The van der Waals surface area contributed by atoms with Crippen molar-refractivity contribution in [3.63, 3.8) is 0 Å². The first-order chi connectivity index (χ1) is 14.1. The Morgan fingerprint density at radius 2 is 1.79 bits per heavy atom. The van der Waals surface area contributed by atoms with Gasteiger partial charge < -0.3 is 4.90 Å². The highest BCUT2D eigenvalue weighted by atomic mass is 16.2. The molecule has 4 nitrogen and oxygen atoms in total. The molecule has 4 heteroatoms. The molecule has 0 unspecified atom stereocenters. The molecule has 1 aromatic carbocycles. The second kappa shape index (κ2) is 7.24. The maximum Gasteiger partial charge on any atom is 0.273 e. The average Bonchev–Trinajstić information content (AvgIpc) is 2.89. The number of amides is 1. The van der Waals surface area contributed by atoms with Gasteiger partial charge in [-0.2, -0.15) is 0 Å². The number of carbonyl (C=O) groups is 1. The van der Waals surface area contributed by atoms with E-state index in [0.29, 0.717) is 23.8 Å². The lowest BCUT2D eigenvalue weighted by molar-refractivity contribution is 0.0155. The van der Waals surface area contributed by atoms with Gasteiger partial charge in [-0.25, -0.2) is 0 Å². The van der Waals surface area contributed by atoms with Crippen molar-refractivity contribution in [1.29, 1.82) is 0 Å². The number of likely N-dealkylation sites (N-methyl/N-ethyl adjacent to an activating group) is 1. The van der Waals surface area contributed by atoms with Crippen LogP contribution in [0.15, 0.2) is 54.7 Å².